The van der Waals surface area contributed by atoms with Gasteiger partial charge in [0.05, 0.1) is 12.7 Å². The van der Waals surface area contributed by atoms with Gasteiger partial charge in [-0.15, -0.1) is 0 Å². The SMILES string of the molecule is COc1ccc(Oc2cc(Br)ccc2C#N)c(C(=O)O)c1. The largest absolute Gasteiger partial charge is 0.497 e. The molecule has 21 heavy (non-hydrogen) atoms. The first-order valence-electron chi connectivity index (χ1n) is 5.84. The Morgan fingerprint density at radius 3 is 2.62 bits per heavy atom. The number of carboxylic acids is 1. The molecule has 2 rings (SSSR count). The summed E-state index contributed by atoms with van der Waals surface area (Å²) in [5.41, 5.74) is 0.267. The Morgan fingerprint density at radius 2 is 2.00 bits per heavy atom. The highest BCUT2D eigenvalue weighted by Crippen LogP contribution is 2.32. The number of aromatic carboxylic acids is 1. The van der Waals surface area contributed by atoms with Crippen molar-refractivity contribution in [1.82, 2.24) is 0 Å². The van der Waals surface area contributed by atoms with E-state index >= 15 is 0 Å². The van der Waals surface area contributed by atoms with E-state index in [4.69, 9.17) is 14.7 Å². The van der Waals surface area contributed by atoms with E-state index in [1.165, 1.54) is 19.2 Å². The molecule has 0 aliphatic rings. The average Bonchev–Trinajstić information content (AvgIpc) is 2.47. The lowest BCUT2D eigenvalue weighted by Crippen LogP contribution is -2.01. The fourth-order valence-electron chi connectivity index (χ4n) is 1.68. The number of benzene rings is 2. The number of nitrogens with zero attached hydrogens (tertiary/aromatic N) is 1. The standard InChI is InChI=1S/C15H10BrNO4/c1-20-11-4-5-13(12(7-11)15(18)19)21-14-6-10(16)3-2-9(14)8-17/h2-7H,1H3,(H,18,19). The molecule has 106 valence electrons. The first-order chi connectivity index (χ1) is 10.0. The zero-order valence-corrected chi connectivity index (χ0v) is 12.5. The van der Waals surface area contributed by atoms with Crippen molar-refractivity contribution in [3.8, 4) is 23.3 Å². The zero-order chi connectivity index (χ0) is 15.4. The molecule has 0 saturated carbocycles. The highest BCUT2D eigenvalue weighted by Gasteiger charge is 2.15. The number of carbonyl (C=O) groups is 1. The molecule has 0 radical (unpaired) electrons. The van der Waals surface area contributed by atoms with Gasteiger partial charge in [-0.25, -0.2) is 4.79 Å². The maximum Gasteiger partial charge on any atom is 0.339 e. The molecule has 0 saturated heterocycles. The summed E-state index contributed by atoms with van der Waals surface area (Å²) < 4.78 is 11.3. The molecule has 0 aromatic heterocycles. The van der Waals surface area contributed by atoms with Gasteiger partial charge in [0.25, 0.3) is 0 Å². The van der Waals surface area contributed by atoms with Crippen LogP contribution < -0.4 is 9.47 Å². The van der Waals surface area contributed by atoms with Gasteiger partial charge < -0.3 is 14.6 Å². The van der Waals surface area contributed by atoms with Crippen molar-refractivity contribution in [2.24, 2.45) is 0 Å². The molecule has 0 atom stereocenters. The van der Waals surface area contributed by atoms with Crippen LogP contribution >= 0.6 is 15.9 Å². The van der Waals surface area contributed by atoms with Crippen LogP contribution in [0.15, 0.2) is 40.9 Å². The van der Waals surface area contributed by atoms with Gasteiger partial charge in [0.2, 0.25) is 0 Å². The van der Waals surface area contributed by atoms with Crippen LogP contribution in [0.1, 0.15) is 15.9 Å². The molecule has 1 N–H and O–H groups in total. The molecule has 2 aromatic rings. The third-order valence-corrected chi connectivity index (χ3v) is 3.19. The molecule has 6 heteroatoms. The summed E-state index contributed by atoms with van der Waals surface area (Å²) in [5.74, 6) is -0.315. The number of hydrogen-bond donors (Lipinski definition) is 1. The van der Waals surface area contributed by atoms with Crippen LogP contribution in [-0.4, -0.2) is 18.2 Å². The quantitative estimate of drug-likeness (QED) is 0.909. The van der Waals surface area contributed by atoms with Crippen LogP contribution in [0.25, 0.3) is 0 Å². The molecule has 0 unspecified atom stereocenters. The van der Waals surface area contributed by atoms with Crippen LogP contribution in [0.5, 0.6) is 17.2 Å². The van der Waals surface area contributed by atoms with Crippen LogP contribution in [0.2, 0.25) is 0 Å². The lowest BCUT2D eigenvalue weighted by atomic mass is 10.1. The van der Waals surface area contributed by atoms with Gasteiger partial charge in [-0.2, -0.15) is 5.26 Å². The Kier molecular flexibility index (Phi) is 4.45. The monoisotopic (exact) mass is 347 g/mol. The Balaban J connectivity index is 2.47. The molecule has 0 aliphatic carbocycles. The van der Waals surface area contributed by atoms with Crippen molar-refractivity contribution in [3.63, 3.8) is 0 Å². The van der Waals surface area contributed by atoms with Gasteiger partial charge >= 0.3 is 5.97 Å². The molecule has 2 aromatic carbocycles. The van der Waals surface area contributed by atoms with Crippen molar-refractivity contribution < 1.29 is 19.4 Å². The molecular weight excluding hydrogens is 338 g/mol. The van der Waals surface area contributed by atoms with Gasteiger partial charge in [-0.1, -0.05) is 15.9 Å². The van der Waals surface area contributed by atoms with E-state index in [1.807, 2.05) is 6.07 Å². The second kappa shape index (κ2) is 6.29. The van der Waals surface area contributed by atoms with Crippen LogP contribution in [0.3, 0.4) is 0 Å². The summed E-state index contributed by atoms with van der Waals surface area (Å²) in [6.07, 6.45) is 0. The van der Waals surface area contributed by atoms with E-state index in [-0.39, 0.29) is 17.1 Å². The number of ether oxygens (including phenoxy) is 2. The number of nitriles is 1. The van der Waals surface area contributed by atoms with Gasteiger partial charge in [-0.05, 0) is 36.4 Å². The second-order valence-electron chi connectivity index (χ2n) is 4.02. The summed E-state index contributed by atoms with van der Waals surface area (Å²) in [4.78, 5) is 11.3. The van der Waals surface area contributed by atoms with Gasteiger partial charge in [0.1, 0.15) is 28.9 Å². The van der Waals surface area contributed by atoms with Crippen LogP contribution in [-0.2, 0) is 0 Å². The van der Waals surface area contributed by atoms with E-state index in [0.29, 0.717) is 11.3 Å². The summed E-state index contributed by atoms with van der Waals surface area (Å²) in [6.45, 7) is 0. The smallest absolute Gasteiger partial charge is 0.339 e. The normalized spacial score (nSPS) is 9.76. The Hall–Kier alpha value is -2.52. The minimum atomic E-state index is -1.14. The van der Waals surface area contributed by atoms with E-state index in [1.54, 1.807) is 24.3 Å². The average molecular weight is 348 g/mol. The van der Waals surface area contributed by atoms with Gasteiger partial charge in [0, 0.05) is 4.47 Å². The predicted octanol–water partition coefficient (Wildman–Crippen LogP) is 3.82. The third-order valence-electron chi connectivity index (χ3n) is 2.70. The Bertz CT molecular complexity index is 737. The zero-order valence-electron chi connectivity index (χ0n) is 11.0. The number of halogens is 1. The molecule has 0 fully saturated rings. The first kappa shape index (κ1) is 14.9. The molecule has 0 spiro atoms. The van der Waals surface area contributed by atoms with E-state index in [9.17, 15) is 9.90 Å². The van der Waals surface area contributed by atoms with Crippen LogP contribution in [0, 0.1) is 11.3 Å². The predicted molar refractivity (Wildman–Crippen MR) is 78.9 cm³/mol. The fraction of sp³-hybridized carbons (Fsp3) is 0.0667. The van der Waals surface area contributed by atoms with E-state index < -0.39 is 5.97 Å². The van der Waals surface area contributed by atoms with Crippen LogP contribution in [0.4, 0.5) is 0 Å². The van der Waals surface area contributed by atoms with Gasteiger partial charge in [-0.3, -0.25) is 0 Å². The van der Waals surface area contributed by atoms with Crippen molar-refractivity contribution in [1.29, 1.82) is 5.26 Å². The number of hydrogen-bond acceptors (Lipinski definition) is 4. The van der Waals surface area contributed by atoms with E-state index in [0.717, 1.165) is 4.47 Å². The summed E-state index contributed by atoms with van der Waals surface area (Å²) in [6, 6.07) is 11.3. The first-order valence-corrected chi connectivity index (χ1v) is 6.63. The summed E-state index contributed by atoms with van der Waals surface area (Å²) in [7, 11) is 1.45. The molecule has 5 nitrogen and oxygen atoms in total. The van der Waals surface area contributed by atoms with Crippen molar-refractivity contribution >= 4 is 21.9 Å². The number of rotatable bonds is 4. The highest BCUT2D eigenvalue weighted by molar-refractivity contribution is 9.10. The van der Waals surface area contributed by atoms with Crippen molar-refractivity contribution in [2.45, 2.75) is 0 Å². The molecule has 0 bridgehead atoms. The van der Waals surface area contributed by atoms with Crippen molar-refractivity contribution in [3.05, 3.63) is 52.0 Å². The van der Waals surface area contributed by atoms with E-state index in [2.05, 4.69) is 15.9 Å². The fourth-order valence-corrected chi connectivity index (χ4v) is 2.02. The Labute approximate surface area is 129 Å². The summed E-state index contributed by atoms with van der Waals surface area (Å²) >= 11 is 3.28. The van der Waals surface area contributed by atoms with Gasteiger partial charge in [0.15, 0.2) is 0 Å². The van der Waals surface area contributed by atoms with Crippen molar-refractivity contribution in [2.75, 3.05) is 7.11 Å². The number of methoxy groups -OCH3 is 1. The topological polar surface area (TPSA) is 79.5 Å². The Morgan fingerprint density at radius 1 is 1.24 bits per heavy atom. The maximum absolute atomic E-state index is 11.3. The summed E-state index contributed by atoms with van der Waals surface area (Å²) in [5, 5.41) is 18.3. The lowest BCUT2D eigenvalue weighted by Gasteiger charge is -2.11. The molecule has 0 heterocycles. The minimum Gasteiger partial charge on any atom is -0.497 e. The minimum absolute atomic E-state index is 0.0433. The third kappa shape index (κ3) is 3.33. The molecular formula is C15H10BrNO4. The number of carboxylic acid groups (broad SMARTS) is 1. The molecule has 0 aliphatic heterocycles. The molecule has 0 amide bonds. The highest BCUT2D eigenvalue weighted by atomic mass is 79.9. The maximum atomic E-state index is 11.3. The lowest BCUT2D eigenvalue weighted by molar-refractivity contribution is 0.0693. The second-order valence-corrected chi connectivity index (χ2v) is 4.94.